The van der Waals surface area contributed by atoms with Gasteiger partial charge < -0.3 is 38.5 Å². The number of likely N-dealkylation sites (N-methyl/N-ethyl adjacent to an activating group) is 1. The standard InChI is InChI=1S/C31H46N8O4/c1-3-4-16-25(29(42)37-24(28(41)35-2)17-11-18-36-31(33)34)38-30(43)26(20-22-14-9-6-10-15-22)39-27(40)23(32)19-21-12-7-5-8-13-21/h5-10,12-15,23-26H,3-4,11,16-20,32H2,1-2H3,(H,35,41)(H,37,42)(H,38,43)(H,39,40)(H4,33,34,36)/t23-,24-,25-,26-/m1/s1. The summed E-state index contributed by atoms with van der Waals surface area (Å²) in [5, 5.41) is 10.9. The van der Waals surface area contributed by atoms with E-state index >= 15 is 0 Å². The molecule has 12 nitrogen and oxygen atoms in total. The fraction of sp³-hybridized carbons (Fsp3) is 0.452. The Morgan fingerprint density at radius 1 is 0.698 bits per heavy atom. The molecule has 10 N–H and O–H groups in total. The van der Waals surface area contributed by atoms with Crippen LogP contribution in [0.2, 0.25) is 0 Å². The third-order valence-electron chi connectivity index (χ3n) is 6.85. The molecule has 0 aliphatic carbocycles. The number of carbonyl (C=O) groups is 4. The van der Waals surface area contributed by atoms with Crippen LogP contribution in [0.3, 0.4) is 0 Å². The lowest BCUT2D eigenvalue weighted by Gasteiger charge is -2.26. The minimum atomic E-state index is -0.983. The molecule has 0 spiro atoms. The molecule has 0 radical (unpaired) electrons. The van der Waals surface area contributed by atoms with Crippen molar-refractivity contribution in [1.82, 2.24) is 21.3 Å². The summed E-state index contributed by atoms with van der Waals surface area (Å²) in [5.74, 6) is -1.93. The molecule has 2 aromatic carbocycles. The van der Waals surface area contributed by atoms with Crippen LogP contribution in [-0.4, -0.2) is 67.3 Å². The smallest absolute Gasteiger partial charge is 0.243 e. The predicted molar refractivity (Wildman–Crippen MR) is 168 cm³/mol. The van der Waals surface area contributed by atoms with Crippen LogP contribution in [0, 0.1) is 0 Å². The van der Waals surface area contributed by atoms with Gasteiger partial charge in [-0.15, -0.1) is 0 Å². The number of hydrogen-bond acceptors (Lipinski definition) is 6. The summed E-state index contributed by atoms with van der Waals surface area (Å²) in [6.45, 7) is 2.27. The fourth-order valence-corrected chi connectivity index (χ4v) is 4.47. The summed E-state index contributed by atoms with van der Waals surface area (Å²) < 4.78 is 0. The maximum absolute atomic E-state index is 13.6. The zero-order valence-electron chi connectivity index (χ0n) is 25.1. The maximum atomic E-state index is 13.6. The molecule has 2 rings (SSSR count). The molecular weight excluding hydrogens is 548 g/mol. The number of amides is 4. The van der Waals surface area contributed by atoms with Crippen molar-refractivity contribution in [3.8, 4) is 0 Å². The van der Waals surface area contributed by atoms with E-state index in [4.69, 9.17) is 17.2 Å². The minimum Gasteiger partial charge on any atom is -0.370 e. The van der Waals surface area contributed by atoms with Crippen LogP contribution < -0.4 is 38.5 Å². The molecule has 12 heteroatoms. The largest absolute Gasteiger partial charge is 0.370 e. The van der Waals surface area contributed by atoms with E-state index < -0.39 is 41.9 Å². The molecule has 0 aromatic heterocycles. The number of rotatable bonds is 18. The second kappa shape index (κ2) is 18.9. The van der Waals surface area contributed by atoms with Gasteiger partial charge in [0, 0.05) is 20.0 Å². The van der Waals surface area contributed by atoms with Gasteiger partial charge in [0.2, 0.25) is 23.6 Å². The Balaban J connectivity index is 2.18. The Morgan fingerprint density at radius 3 is 1.72 bits per heavy atom. The monoisotopic (exact) mass is 594 g/mol. The zero-order valence-corrected chi connectivity index (χ0v) is 25.1. The lowest BCUT2D eigenvalue weighted by atomic mass is 10.0. The molecule has 2 aromatic rings. The van der Waals surface area contributed by atoms with Crippen molar-refractivity contribution in [1.29, 1.82) is 0 Å². The highest BCUT2D eigenvalue weighted by atomic mass is 16.2. The molecule has 0 fully saturated rings. The molecule has 234 valence electrons. The average Bonchev–Trinajstić information content (AvgIpc) is 3.00. The number of nitrogens with one attached hydrogen (secondary N) is 4. The van der Waals surface area contributed by atoms with E-state index in [0.29, 0.717) is 38.6 Å². The predicted octanol–water partition coefficient (Wildman–Crippen LogP) is 0.243. The highest BCUT2D eigenvalue weighted by Crippen LogP contribution is 2.09. The Hall–Kier alpha value is -4.45. The number of unbranched alkanes of at least 4 members (excludes halogenated alkanes) is 1. The van der Waals surface area contributed by atoms with Crippen LogP contribution in [0.25, 0.3) is 0 Å². The van der Waals surface area contributed by atoms with Gasteiger partial charge in [0.05, 0.1) is 6.04 Å². The van der Waals surface area contributed by atoms with E-state index in [9.17, 15) is 19.2 Å². The number of hydrogen-bond donors (Lipinski definition) is 7. The van der Waals surface area contributed by atoms with Gasteiger partial charge in [0.1, 0.15) is 18.1 Å². The molecule has 4 atom stereocenters. The van der Waals surface area contributed by atoms with Crippen molar-refractivity contribution >= 4 is 29.6 Å². The Morgan fingerprint density at radius 2 is 1.19 bits per heavy atom. The maximum Gasteiger partial charge on any atom is 0.243 e. The summed E-state index contributed by atoms with van der Waals surface area (Å²) in [6, 6.07) is 15.0. The molecule has 0 aliphatic rings. The summed E-state index contributed by atoms with van der Waals surface area (Å²) in [5.41, 5.74) is 18.7. The topological polar surface area (TPSA) is 207 Å². The van der Waals surface area contributed by atoms with E-state index in [1.165, 1.54) is 7.05 Å². The molecular formula is C31H46N8O4. The third-order valence-corrected chi connectivity index (χ3v) is 6.85. The van der Waals surface area contributed by atoms with E-state index in [0.717, 1.165) is 17.5 Å². The molecule has 0 aliphatic heterocycles. The summed E-state index contributed by atoms with van der Waals surface area (Å²) in [4.78, 5) is 56.5. The summed E-state index contributed by atoms with van der Waals surface area (Å²) >= 11 is 0. The van der Waals surface area contributed by atoms with E-state index in [1.54, 1.807) is 0 Å². The molecule has 0 unspecified atom stereocenters. The van der Waals surface area contributed by atoms with Crippen molar-refractivity contribution in [2.24, 2.45) is 22.2 Å². The molecule has 0 bridgehead atoms. The number of nitrogens with zero attached hydrogens (tertiary/aromatic N) is 1. The first-order chi connectivity index (χ1) is 20.6. The summed E-state index contributed by atoms with van der Waals surface area (Å²) in [6.07, 6.45) is 3.05. The van der Waals surface area contributed by atoms with Gasteiger partial charge in [-0.05, 0) is 36.8 Å². The van der Waals surface area contributed by atoms with Crippen LogP contribution in [0.1, 0.15) is 50.2 Å². The number of aliphatic imine (C=N–C) groups is 1. The molecule has 43 heavy (non-hydrogen) atoms. The van der Waals surface area contributed by atoms with Crippen LogP contribution in [-0.2, 0) is 32.0 Å². The van der Waals surface area contributed by atoms with Crippen molar-refractivity contribution in [2.75, 3.05) is 13.6 Å². The van der Waals surface area contributed by atoms with Crippen LogP contribution in [0.15, 0.2) is 65.7 Å². The van der Waals surface area contributed by atoms with Crippen molar-refractivity contribution in [2.45, 2.75) is 76.0 Å². The van der Waals surface area contributed by atoms with Gasteiger partial charge in [0.15, 0.2) is 5.96 Å². The first-order valence-electron chi connectivity index (χ1n) is 14.7. The lowest BCUT2D eigenvalue weighted by molar-refractivity contribution is -0.134. The van der Waals surface area contributed by atoms with Crippen molar-refractivity contribution in [3.63, 3.8) is 0 Å². The van der Waals surface area contributed by atoms with E-state index in [2.05, 4.69) is 26.3 Å². The van der Waals surface area contributed by atoms with Gasteiger partial charge in [-0.2, -0.15) is 0 Å². The van der Waals surface area contributed by atoms with Gasteiger partial charge in [0.25, 0.3) is 0 Å². The normalized spacial score (nSPS) is 13.5. The van der Waals surface area contributed by atoms with Crippen molar-refractivity contribution < 1.29 is 19.2 Å². The Bertz CT molecular complexity index is 1190. The highest BCUT2D eigenvalue weighted by Gasteiger charge is 2.30. The van der Waals surface area contributed by atoms with Crippen molar-refractivity contribution in [3.05, 3.63) is 71.8 Å². The first-order valence-corrected chi connectivity index (χ1v) is 14.7. The van der Waals surface area contributed by atoms with Gasteiger partial charge in [-0.1, -0.05) is 80.4 Å². The number of nitrogens with two attached hydrogens (primary N) is 3. The second-order valence-electron chi connectivity index (χ2n) is 10.4. The zero-order chi connectivity index (χ0) is 31.6. The Labute approximate surface area is 253 Å². The molecule has 0 saturated heterocycles. The highest BCUT2D eigenvalue weighted by molar-refractivity contribution is 5.95. The SMILES string of the molecule is CCCC[C@@H](NC(=O)[C@@H](Cc1ccccc1)NC(=O)[C@H](N)Cc1ccccc1)C(=O)N[C@H](CCCN=C(N)N)C(=O)NC. The average molecular weight is 595 g/mol. The lowest BCUT2D eigenvalue weighted by Crippen LogP contribution is -2.58. The number of benzene rings is 2. The first kappa shape index (κ1) is 34.7. The van der Waals surface area contributed by atoms with Crippen LogP contribution in [0.5, 0.6) is 0 Å². The third kappa shape index (κ3) is 12.9. The van der Waals surface area contributed by atoms with E-state index in [1.807, 2.05) is 67.6 Å². The summed E-state index contributed by atoms with van der Waals surface area (Å²) in [7, 11) is 1.48. The second-order valence-corrected chi connectivity index (χ2v) is 10.4. The van der Waals surface area contributed by atoms with E-state index in [-0.39, 0.29) is 18.3 Å². The van der Waals surface area contributed by atoms with Crippen LogP contribution >= 0.6 is 0 Å². The number of guanidine groups is 1. The van der Waals surface area contributed by atoms with Crippen LogP contribution in [0.4, 0.5) is 0 Å². The minimum absolute atomic E-state index is 0.0546. The Kier molecular flexibility index (Phi) is 15.3. The van der Waals surface area contributed by atoms with Gasteiger partial charge >= 0.3 is 0 Å². The van der Waals surface area contributed by atoms with Gasteiger partial charge in [-0.3, -0.25) is 24.2 Å². The number of carbonyl (C=O) groups excluding carboxylic acids is 4. The molecule has 4 amide bonds. The molecule has 0 saturated carbocycles. The quantitative estimate of drug-likeness (QED) is 0.0726. The fourth-order valence-electron chi connectivity index (χ4n) is 4.47. The van der Waals surface area contributed by atoms with Gasteiger partial charge in [-0.25, -0.2) is 0 Å². The molecule has 0 heterocycles.